The van der Waals surface area contributed by atoms with E-state index in [4.69, 9.17) is 4.74 Å². The minimum atomic E-state index is -0.770. The molecule has 0 amide bonds. The zero-order valence-electron chi connectivity index (χ0n) is 11.7. The molecule has 1 aromatic rings. The fourth-order valence-electron chi connectivity index (χ4n) is 2.93. The van der Waals surface area contributed by atoms with E-state index >= 15 is 0 Å². The van der Waals surface area contributed by atoms with Crippen molar-refractivity contribution in [3.63, 3.8) is 0 Å². The molecule has 0 radical (unpaired) electrons. The Bertz CT molecular complexity index is 495. The van der Waals surface area contributed by atoms with Crippen molar-refractivity contribution in [2.45, 2.75) is 32.1 Å². The fraction of sp³-hybridized carbons (Fsp3) is 0.500. The zero-order chi connectivity index (χ0) is 14.5. The van der Waals surface area contributed by atoms with Gasteiger partial charge in [0.1, 0.15) is 5.75 Å². The summed E-state index contributed by atoms with van der Waals surface area (Å²) in [6, 6.07) is 7.03. The van der Waals surface area contributed by atoms with Crippen molar-refractivity contribution in [1.29, 1.82) is 0 Å². The van der Waals surface area contributed by atoms with Crippen molar-refractivity contribution in [1.82, 2.24) is 0 Å². The molecule has 20 heavy (non-hydrogen) atoms. The Morgan fingerprint density at radius 1 is 1.30 bits per heavy atom. The van der Waals surface area contributed by atoms with Crippen LogP contribution < -0.4 is 4.74 Å². The topological polar surface area (TPSA) is 63.6 Å². The van der Waals surface area contributed by atoms with E-state index in [1.54, 1.807) is 31.4 Å². The van der Waals surface area contributed by atoms with E-state index in [0.29, 0.717) is 24.2 Å². The third-order valence-corrected chi connectivity index (χ3v) is 4.07. The van der Waals surface area contributed by atoms with E-state index in [1.165, 1.54) is 0 Å². The molecule has 2 rings (SSSR count). The van der Waals surface area contributed by atoms with E-state index in [9.17, 15) is 14.7 Å². The molecule has 0 aliphatic heterocycles. The summed E-state index contributed by atoms with van der Waals surface area (Å²) in [6.45, 7) is 0. The van der Waals surface area contributed by atoms with Gasteiger partial charge in [-0.1, -0.05) is 25.0 Å². The predicted molar refractivity (Wildman–Crippen MR) is 75.0 cm³/mol. The first-order chi connectivity index (χ1) is 9.61. The van der Waals surface area contributed by atoms with Crippen molar-refractivity contribution in [2.75, 3.05) is 7.11 Å². The van der Waals surface area contributed by atoms with Crippen LogP contribution in [0, 0.1) is 11.8 Å². The monoisotopic (exact) mass is 276 g/mol. The summed E-state index contributed by atoms with van der Waals surface area (Å²) in [6.07, 6.45) is 3.78. The highest BCUT2D eigenvalue weighted by Crippen LogP contribution is 2.33. The Morgan fingerprint density at radius 2 is 2.05 bits per heavy atom. The zero-order valence-corrected chi connectivity index (χ0v) is 11.7. The number of carboxylic acid groups (broad SMARTS) is 1. The van der Waals surface area contributed by atoms with Gasteiger partial charge in [0.05, 0.1) is 13.0 Å². The molecule has 1 aliphatic carbocycles. The fourth-order valence-corrected chi connectivity index (χ4v) is 2.93. The number of benzene rings is 1. The maximum atomic E-state index is 12.3. The normalized spacial score (nSPS) is 22.2. The second-order valence-corrected chi connectivity index (χ2v) is 5.35. The van der Waals surface area contributed by atoms with Crippen LogP contribution in [0.3, 0.4) is 0 Å². The van der Waals surface area contributed by atoms with Crippen LogP contribution in [0.15, 0.2) is 24.3 Å². The van der Waals surface area contributed by atoms with Crippen LogP contribution in [0.1, 0.15) is 42.5 Å². The van der Waals surface area contributed by atoms with Crippen LogP contribution in [-0.4, -0.2) is 24.0 Å². The molecule has 1 N–H and O–H groups in total. The van der Waals surface area contributed by atoms with Crippen molar-refractivity contribution < 1.29 is 19.4 Å². The van der Waals surface area contributed by atoms with E-state index in [-0.39, 0.29) is 17.6 Å². The summed E-state index contributed by atoms with van der Waals surface area (Å²) in [7, 11) is 1.56. The lowest BCUT2D eigenvalue weighted by molar-refractivity contribution is -0.144. The SMILES string of the molecule is COc1cccc(C(=O)C[C@@H]2CCCC[C@H]2C(=O)O)c1. The van der Waals surface area contributed by atoms with Crippen molar-refractivity contribution in [3.8, 4) is 5.75 Å². The first kappa shape index (κ1) is 14.6. The number of Topliss-reactive ketones (excluding diaryl/α,β-unsaturated/α-hetero) is 1. The Hall–Kier alpha value is -1.84. The minimum absolute atomic E-state index is 0.00190. The molecule has 4 heteroatoms. The van der Waals surface area contributed by atoms with Gasteiger partial charge >= 0.3 is 5.97 Å². The van der Waals surface area contributed by atoms with E-state index in [1.807, 2.05) is 0 Å². The molecular formula is C16H20O4. The van der Waals surface area contributed by atoms with Gasteiger partial charge in [0, 0.05) is 12.0 Å². The van der Waals surface area contributed by atoms with Gasteiger partial charge in [0.25, 0.3) is 0 Å². The molecule has 0 bridgehead atoms. The first-order valence-electron chi connectivity index (χ1n) is 7.02. The van der Waals surface area contributed by atoms with Gasteiger partial charge in [-0.3, -0.25) is 9.59 Å². The van der Waals surface area contributed by atoms with Crippen molar-refractivity contribution >= 4 is 11.8 Å². The molecular weight excluding hydrogens is 256 g/mol. The predicted octanol–water partition coefficient (Wildman–Crippen LogP) is 3.16. The number of methoxy groups -OCH3 is 1. The number of carbonyl (C=O) groups is 2. The molecule has 1 fully saturated rings. The molecule has 0 heterocycles. The summed E-state index contributed by atoms with van der Waals surface area (Å²) < 4.78 is 5.11. The van der Waals surface area contributed by atoms with Gasteiger partial charge in [-0.15, -0.1) is 0 Å². The summed E-state index contributed by atoms with van der Waals surface area (Å²) in [5.74, 6) is -0.539. The number of hydrogen-bond donors (Lipinski definition) is 1. The smallest absolute Gasteiger partial charge is 0.306 e. The minimum Gasteiger partial charge on any atom is -0.497 e. The molecule has 2 atom stereocenters. The first-order valence-corrected chi connectivity index (χ1v) is 7.02. The van der Waals surface area contributed by atoms with E-state index < -0.39 is 5.97 Å². The average molecular weight is 276 g/mol. The average Bonchev–Trinajstić information content (AvgIpc) is 2.47. The third-order valence-electron chi connectivity index (χ3n) is 4.07. The largest absolute Gasteiger partial charge is 0.497 e. The highest BCUT2D eigenvalue weighted by molar-refractivity contribution is 5.96. The highest BCUT2D eigenvalue weighted by atomic mass is 16.5. The van der Waals surface area contributed by atoms with Gasteiger partial charge in [-0.2, -0.15) is 0 Å². The summed E-state index contributed by atoms with van der Waals surface area (Å²) in [4.78, 5) is 23.6. The molecule has 0 unspecified atom stereocenters. The number of carboxylic acids is 1. The van der Waals surface area contributed by atoms with Crippen molar-refractivity contribution in [3.05, 3.63) is 29.8 Å². The molecule has 108 valence electrons. The van der Waals surface area contributed by atoms with Crippen LogP contribution in [-0.2, 0) is 4.79 Å². The maximum Gasteiger partial charge on any atom is 0.306 e. The molecule has 1 saturated carbocycles. The Labute approximate surface area is 118 Å². The summed E-state index contributed by atoms with van der Waals surface area (Å²) >= 11 is 0. The molecule has 1 aliphatic rings. The summed E-state index contributed by atoms with van der Waals surface area (Å²) in [5.41, 5.74) is 0.596. The number of ketones is 1. The van der Waals surface area contributed by atoms with Gasteiger partial charge in [-0.05, 0) is 30.9 Å². The van der Waals surface area contributed by atoms with Crippen LogP contribution in [0.5, 0.6) is 5.75 Å². The van der Waals surface area contributed by atoms with Gasteiger partial charge in [0.15, 0.2) is 5.78 Å². The summed E-state index contributed by atoms with van der Waals surface area (Å²) in [5, 5.41) is 9.24. The number of hydrogen-bond acceptors (Lipinski definition) is 3. The van der Waals surface area contributed by atoms with Gasteiger partial charge in [-0.25, -0.2) is 0 Å². The molecule has 0 saturated heterocycles. The van der Waals surface area contributed by atoms with Gasteiger partial charge in [0.2, 0.25) is 0 Å². The molecule has 1 aromatic carbocycles. The molecule has 0 spiro atoms. The Kier molecular flexibility index (Phi) is 4.77. The third kappa shape index (κ3) is 3.38. The van der Waals surface area contributed by atoms with Crippen LogP contribution in [0.2, 0.25) is 0 Å². The highest BCUT2D eigenvalue weighted by Gasteiger charge is 2.32. The Balaban J connectivity index is 2.07. The second kappa shape index (κ2) is 6.55. The lowest BCUT2D eigenvalue weighted by atomic mass is 9.76. The van der Waals surface area contributed by atoms with Crippen LogP contribution >= 0.6 is 0 Å². The number of ether oxygens (including phenoxy) is 1. The number of aliphatic carboxylic acids is 1. The quantitative estimate of drug-likeness (QED) is 0.839. The second-order valence-electron chi connectivity index (χ2n) is 5.35. The lowest BCUT2D eigenvalue weighted by Crippen LogP contribution is -2.28. The standard InChI is InChI=1S/C16H20O4/c1-20-13-7-4-6-12(9-13)15(17)10-11-5-2-3-8-14(11)16(18)19/h4,6-7,9,11,14H,2-3,5,8,10H2,1H3,(H,18,19)/t11-,14+/m0/s1. The van der Waals surface area contributed by atoms with Crippen LogP contribution in [0.4, 0.5) is 0 Å². The van der Waals surface area contributed by atoms with E-state index in [2.05, 4.69) is 0 Å². The van der Waals surface area contributed by atoms with E-state index in [0.717, 1.165) is 19.3 Å². The number of carbonyl (C=O) groups excluding carboxylic acids is 1. The van der Waals surface area contributed by atoms with Crippen LogP contribution in [0.25, 0.3) is 0 Å². The van der Waals surface area contributed by atoms with Gasteiger partial charge < -0.3 is 9.84 Å². The molecule has 4 nitrogen and oxygen atoms in total. The number of rotatable bonds is 5. The van der Waals surface area contributed by atoms with Crippen molar-refractivity contribution in [2.24, 2.45) is 11.8 Å². The maximum absolute atomic E-state index is 12.3. The lowest BCUT2D eigenvalue weighted by Gasteiger charge is -2.27. The Morgan fingerprint density at radius 3 is 2.75 bits per heavy atom. The molecule has 0 aromatic heterocycles.